The van der Waals surface area contributed by atoms with Gasteiger partial charge >= 0.3 is 0 Å². The Bertz CT molecular complexity index is 1170. The number of rotatable bonds is 9. The molecule has 0 aliphatic rings. The molecule has 1 N–H and O–H groups in total. The van der Waals surface area contributed by atoms with Crippen LogP contribution in [0.3, 0.4) is 0 Å². The summed E-state index contributed by atoms with van der Waals surface area (Å²) in [6.07, 6.45) is 3.16. The van der Waals surface area contributed by atoms with E-state index in [-0.39, 0.29) is 0 Å². The standard InChI is InChI=1S/C26H27ClN2O2/c1-30-25-11-10-19(15-26(25)31-2)12-13-28-16-21-18-29(24-9-4-3-8-23(21)24)17-20-6-5-7-22(27)14-20/h3-11,14-15,18,28H,12-13,16-17H2,1-2H3. The minimum atomic E-state index is 0.756. The van der Waals surface area contributed by atoms with Crippen LogP contribution in [0.25, 0.3) is 10.9 Å². The van der Waals surface area contributed by atoms with Crippen molar-refractivity contribution < 1.29 is 9.47 Å². The molecule has 0 aliphatic heterocycles. The number of nitrogens with one attached hydrogen (secondary N) is 1. The fourth-order valence-electron chi connectivity index (χ4n) is 3.92. The summed E-state index contributed by atoms with van der Waals surface area (Å²) < 4.78 is 13.0. The summed E-state index contributed by atoms with van der Waals surface area (Å²) in [6, 6.07) is 22.7. The summed E-state index contributed by atoms with van der Waals surface area (Å²) in [6.45, 7) is 2.49. The molecule has 0 spiro atoms. The number of para-hydroxylation sites is 1. The molecule has 1 heterocycles. The highest BCUT2D eigenvalue weighted by Crippen LogP contribution is 2.28. The van der Waals surface area contributed by atoms with Crippen LogP contribution in [-0.2, 0) is 19.5 Å². The molecule has 0 amide bonds. The zero-order chi connectivity index (χ0) is 21.6. The smallest absolute Gasteiger partial charge is 0.160 e. The molecule has 0 atom stereocenters. The van der Waals surface area contributed by atoms with Crippen molar-refractivity contribution >= 4 is 22.5 Å². The number of hydrogen-bond donors (Lipinski definition) is 1. The van der Waals surface area contributed by atoms with Crippen LogP contribution >= 0.6 is 11.6 Å². The lowest BCUT2D eigenvalue weighted by atomic mass is 10.1. The van der Waals surface area contributed by atoms with Gasteiger partial charge in [0, 0.05) is 35.2 Å². The number of halogens is 1. The van der Waals surface area contributed by atoms with Crippen molar-refractivity contribution in [3.05, 3.63) is 94.6 Å². The number of ether oxygens (including phenoxy) is 2. The summed E-state index contributed by atoms with van der Waals surface area (Å²) in [5.41, 5.74) is 4.94. The van der Waals surface area contributed by atoms with Gasteiger partial charge in [0.2, 0.25) is 0 Å². The Morgan fingerprint density at radius 1 is 0.871 bits per heavy atom. The Morgan fingerprint density at radius 3 is 2.52 bits per heavy atom. The van der Waals surface area contributed by atoms with Gasteiger partial charge in [-0.25, -0.2) is 0 Å². The molecule has 5 heteroatoms. The third-order valence-electron chi connectivity index (χ3n) is 5.47. The number of aromatic nitrogens is 1. The molecular formula is C26H27ClN2O2. The van der Waals surface area contributed by atoms with Crippen molar-refractivity contribution in [2.45, 2.75) is 19.5 Å². The third-order valence-corrected chi connectivity index (χ3v) is 5.70. The molecule has 0 fully saturated rings. The number of methoxy groups -OCH3 is 2. The lowest BCUT2D eigenvalue weighted by Crippen LogP contribution is -2.16. The Kier molecular flexibility index (Phi) is 6.80. The zero-order valence-corrected chi connectivity index (χ0v) is 18.7. The van der Waals surface area contributed by atoms with E-state index in [4.69, 9.17) is 21.1 Å². The summed E-state index contributed by atoms with van der Waals surface area (Å²) >= 11 is 6.17. The van der Waals surface area contributed by atoms with Gasteiger partial charge in [0.15, 0.2) is 11.5 Å². The largest absolute Gasteiger partial charge is 0.493 e. The van der Waals surface area contributed by atoms with Gasteiger partial charge in [-0.15, -0.1) is 0 Å². The summed E-state index contributed by atoms with van der Waals surface area (Å²) in [7, 11) is 3.32. The van der Waals surface area contributed by atoms with Crippen molar-refractivity contribution in [3.8, 4) is 11.5 Å². The van der Waals surface area contributed by atoms with Crippen molar-refractivity contribution in [3.63, 3.8) is 0 Å². The Hall–Kier alpha value is -2.95. The number of fused-ring (bicyclic) bond motifs is 1. The van der Waals surface area contributed by atoms with E-state index >= 15 is 0 Å². The second kappa shape index (κ2) is 9.90. The Morgan fingerprint density at radius 2 is 1.71 bits per heavy atom. The topological polar surface area (TPSA) is 35.4 Å². The van der Waals surface area contributed by atoms with Crippen LogP contribution in [0.4, 0.5) is 0 Å². The first kappa shape index (κ1) is 21.3. The summed E-state index contributed by atoms with van der Waals surface area (Å²) in [4.78, 5) is 0. The van der Waals surface area contributed by atoms with Crippen LogP contribution < -0.4 is 14.8 Å². The lowest BCUT2D eigenvalue weighted by Gasteiger charge is -2.10. The average molecular weight is 435 g/mol. The first-order chi connectivity index (χ1) is 15.2. The molecular weight excluding hydrogens is 408 g/mol. The molecule has 0 unspecified atom stereocenters. The van der Waals surface area contributed by atoms with E-state index in [0.717, 1.165) is 42.6 Å². The Balaban J connectivity index is 1.43. The van der Waals surface area contributed by atoms with Crippen LogP contribution in [0.15, 0.2) is 72.9 Å². The highest BCUT2D eigenvalue weighted by atomic mass is 35.5. The van der Waals surface area contributed by atoms with E-state index in [1.165, 1.54) is 27.6 Å². The van der Waals surface area contributed by atoms with Gasteiger partial charge in [-0.1, -0.05) is 48.0 Å². The maximum Gasteiger partial charge on any atom is 0.160 e. The van der Waals surface area contributed by atoms with E-state index in [1.807, 2.05) is 30.3 Å². The van der Waals surface area contributed by atoms with E-state index in [2.05, 4.69) is 52.5 Å². The quantitative estimate of drug-likeness (QED) is 0.343. The SMILES string of the molecule is COc1ccc(CCNCc2cn(Cc3cccc(Cl)c3)c3ccccc23)cc1OC. The molecule has 4 rings (SSSR count). The lowest BCUT2D eigenvalue weighted by molar-refractivity contribution is 0.354. The molecule has 31 heavy (non-hydrogen) atoms. The van der Waals surface area contributed by atoms with Crippen LogP contribution in [0, 0.1) is 0 Å². The van der Waals surface area contributed by atoms with Crippen molar-refractivity contribution in [2.24, 2.45) is 0 Å². The van der Waals surface area contributed by atoms with Crippen LogP contribution in [0.5, 0.6) is 11.5 Å². The molecule has 0 saturated heterocycles. The third kappa shape index (κ3) is 5.04. The maximum atomic E-state index is 6.17. The van der Waals surface area contributed by atoms with E-state index < -0.39 is 0 Å². The summed E-state index contributed by atoms with van der Waals surface area (Å²) in [5, 5.41) is 5.64. The van der Waals surface area contributed by atoms with Crippen LogP contribution in [0.2, 0.25) is 5.02 Å². The second-order valence-electron chi connectivity index (χ2n) is 7.55. The highest BCUT2D eigenvalue weighted by Gasteiger charge is 2.09. The highest BCUT2D eigenvalue weighted by molar-refractivity contribution is 6.30. The number of hydrogen-bond acceptors (Lipinski definition) is 3. The predicted molar refractivity (Wildman–Crippen MR) is 127 cm³/mol. The fraction of sp³-hybridized carbons (Fsp3) is 0.231. The average Bonchev–Trinajstić information content (AvgIpc) is 3.14. The molecule has 0 saturated carbocycles. The minimum Gasteiger partial charge on any atom is -0.493 e. The van der Waals surface area contributed by atoms with Gasteiger partial charge < -0.3 is 19.4 Å². The molecule has 4 nitrogen and oxygen atoms in total. The first-order valence-electron chi connectivity index (χ1n) is 10.4. The van der Waals surface area contributed by atoms with Crippen molar-refractivity contribution in [1.82, 2.24) is 9.88 Å². The van der Waals surface area contributed by atoms with Crippen molar-refractivity contribution in [1.29, 1.82) is 0 Å². The van der Waals surface area contributed by atoms with Gasteiger partial charge in [-0.05, 0) is 60.0 Å². The second-order valence-corrected chi connectivity index (χ2v) is 7.98. The molecule has 160 valence electrons. The normalized spacial score (nSPS) is 11.1. The molecule has 3 aromatic carbocycles. The maximum absolute atomic E-state index is 6.17. The van der Waals surface area contributed by atoms with Crippen LogP contribution in [-0.4, -0.2) is 25.3 Å². The minimum absolute atomic E-state index is 0.756. The molecule has 4 aromatic rings. The van der Waals surface area contributed by atoms with Crippen molar-refractivity contribution in [2.75, 3.05) is 20.8 Å². The molecule has 0 radical (unpaired) electrons. The Labute approximate surface area is 188 Å². The number of nitrogens with zero attached hydrogens (tertiary/aromatic N) is 1. The monoisotopic (exact) mass is 434 g/mol. The molecule has 1 aromatic heterocycles. The molecule has 0 bridgehead atoms. The van der Waals surface area contributed by atoms with Gasteiger partial charge in [0.25, 0.3) is 0 Å². The number of benzene rings is 3. The van der Waals surface area contributed by atoms with Gasteiger partial charge in [0.1, 0.15) is 0 Å². The van der Waals surface area contributed by atoms with E-state index in [1.54, 1.807) is 14.2 Å². The zero-order valence-electron chi connectivity index (χ0n) is 17.9. The predicted octanol–water partition coefficient (Wildman–Crippen LogP) is 5.69. The van der Waals surface area contributed by atoms with E-state index in [0.29, 0.717) is 0 Å². The van der Waals surface area contributed by atoms with Crippen LogP contribution in [0.1, 0.15) is 16.7 Å². The molecule has 0 aliphatic carbocycles. The van der Waals surface area contributed by atoms with Gasteiger partial charge in [-0.3, -0.25) is 0 Å². The summed E-state index contributed by atoms with van der Waals surface area (Å²) in [5.74, 6) is 1.52. The van der Waals surface area contributed by atoms with E-state index in [9.17, 15) is 0 Å². The van der Waals surface area contributed by atoms with Gasteiger partial charge in [0.05, 0.1) is 14.2 Å². The first-order valence-corrected chi connectivity index (χ1v) is 10.8. The van der Waals surface area contributed by atoms with Gasteiger partial charge in [-0.2, -0.15) is 0 Å². The fourth-order valence-corrected chi connectivity index (χ4v) is 4.13.